The molecule has 1 aromatic heterocycles. The minimum absolute atomic E-state index is 0.0508. The van der Waals surface area contributed by atoms with Gasteiger partial charge in [0.15, 0.2) is 0 Å². The fraction of sp³-hybridized carbons (Fsp3) is 0.290. The molecule has 0 radical (unpaired) electrons. The summed E-state index contributed by atoms with van der Waals surface area (Å²) in [6.45, 7) is 7.63. The topological polar surface area (TPSA) is 67.5 Å². The molecule has 0 bridgehead atoms. The molecule has 1 aliphatic rings. The predicted octanol–water partition coefficient (Wildman–Crippen LogP) is 6.56. The molecule has 37 heavy (non-hydrogen) atoms. The van der Waals surface area contributed by atoms with Gasteiger partial charge in [-0.2, -0.15) is 5.10 Å². The molecular weight excluding hydrogens is 462 g/mol. The molecule has 1 aliphatic heterocycles. The molecule has 1 N–H and O–H groups in total. The number of nitrogens with zero attached hydrogens (tertiary/aromatic N) is 2. The lowest BCUT2D eigenvalue weighted by molar-refractivity contribution is 0.0730. The van der Waals surface area contributed by atoms with Gasteiger partial charge in [0, 0.05) is 17.7 Å². The number of aryl methyl sites for hydroxylation is 1. The number of aromatic nitrogens is 2. The first-order valence-electron chi connectivity index (χ1n) is 12.8. The van der Waals surface area contributed by atoms with Crippen molar-refractivity contribution in [1.29, 1.82) is 0 Å². The van der Waals surface area contributed by atoms with Crippen LogP contribution in [0.4, 0.5) is 0 Å². The molecule has 2 heterocycles. The maximum Gasteiger partial charge on any atom is 0.273 e. The quantitative estimate of drug-likeness (QED) is 0.285. The largest absolute Gasteiger partial charge is 0.497 e. The molecule has 0 fully saturated rings. The van der Waals surface area contributed by atoms with Crippen LogP contribution >= 0.6 is 0 Å². The number of carbonyl (C=O) groups is 1. The number of fused-ring (bicyclic) bond motifs is 1. The standard InChI is InChI=1S/C31H33N3O3/c1-20(2)17-18-37-26-15-11-24(12-16-26)30-27-28(23-9-13-25(36-4)14-10-23)32-33-29(27)31(35)34(30)19-22-7-5-21(3)6-8-22/h5-16,20,30H,17-19H2,1-4H3,(H,32,33). The Morgan fingerprint density at radius 3 is 2.27 bits per heavy atom. The SMILES string of the molecule is COc1ccc(-c2n[nH]c3c2C(c2ccc(OCCC(C)C)cc2)N(Cc2ccc(C)cc2)C3=O)cc1. The number of H-pyrrole nitrogens is 1. The smallest absolute Gasteiger partial charge is 0.273 e. The van der Waals surface area contributed by atoms with Crippen molar-refractivity contribution in [1.82, 2.24) is 15.1 Å². The van der Waals surface area contributed by atoms with Gasteiger partial charge < -0.3 is 14.4 Å². The summed E-state index contributed by atoms with van der Waals surface area (Å²) in [5.41, 5.74) is 6.45. The number of aromatic amines is 1. The van der Waals surface area contributed by atoms with E-state index in [0.29, 0.717) is 24.8 Å². The van der Waals surface area contributed by atoms with Crippen molar-refractivity contribution in [2.75, 3.05) is 13.7 Å². The second kappa shape index (κ2) is 10.5. The van der Waals surface area contributed by atoms with Gasteiger partial charge in [0.1, 0.15) is 17.2 Å². The van der Waals surface area contributed by atoms with Crippen molar-refractivity contribution in [3.63, 3.8) is 0 Å². The molecule has 0 spiro atoms. The van der Waals surface area contributed by atoms with E-state index >= 15 is 0 Å². The van der Waals surface area contributed by atoms with Gasteiger partial charge in [0.25, 0.3) is 5.91 Å². The Morgan fingerprint density at radius 2 is 1.62 bits per heavy atom. The Kier molecular flexibility index (Phi) is 6.99. The molecule has 6 nitrogen and oxygen atoms in total. The minimum atomic E-state index is -0.274. The van der Waals surface area contributed by atoms with E-state index in [1.807, 2.05) is 41.3 Å². The van der Waals surface area contributed by atoms with Crippen LogP contribution < -0.4 is 9.47 Å². The molecule has 6 heteroatoms. The third-order valence-corrected chi connectivity index (χ3v) is 6.86. The van der Waals surface area contributed by atoms with E-state index in [2.05, 4.69) is 67.4 Å². The molecule has 0 saturated heterocycles. The average Bonchev–Trinajstić information content (AvgIpc) is 3.45. The zero-order valence-electron chi connectivity index (χ0n) is 21.8. The van der Waals surface area contributed by atoms with Crippen LogP contribution in [0.1, 0.15) is 59.1 Å². The number of hydrogen-bond donors (Lipinski definition) is 1. The number of methoxy groups -OCH3 is 1. The first-order chi connectivity index (χ1) is 17.9. The third kappa shape index (κ3) is 5.10. The number of rotatable bonds is 9. The highest BCUT2D eigenvalue weighted by molar-refractivity contribution is 6.00. The lowest BCUT2D eigenvalue weighted by atomic mass is 9.95. The van der Waals surface area contributed by atoms with Gasteiger partial charge in [-0.15, -0.1) is 0 Å². The maximum atomic E-state index is 13.7. The Bertz CT molecular complexity index is 1360. The number of carbonyl (C=O) groups excluding carboxylic acids is 1. The van der Waals surface area contributed by atoms with Gasteiger partial charge in [0.2, 0.25) is 0 Å². The summed E-state index contributed by atoms with van der Waals surface area (Å²) in [5.74, 6) is 2.15. The molecule has 3 aromatic carbocycles. The van der Waals surface area contributed by atoms with Gasteiger partial charge in [-0.3, -0.25) is 9.89 Å². The van der Waals surface area contributed by atoms with E-state index in [9.17, 15) is 4.79 Å². The van der Waals surface area contributed by atoms with Crippen LogP contribution in [0.5, 0.6) is 11.5 Å². The summed E-state index contributed by atoms with van der Waals surface area (Å²) in [7, 11) is 1.65. The normalized spacial score (nSPS) is 14.8. The first kappa shape index (κ1) is 24.6. The van der Waals surface area contributed by atoms with Crippen molar-refractivity contribution in [2.24, 2.45) is 5.92 Å². The van der Waals surface area contributed by atoms with E-state index in [-0.39, 0.29) is 11.9 Å². The molecule has 190 valence electrons. The summed E-state index contributed by atoms with van der Waals surface area (Å²) in [6, 6.07) is 23.9. The van der Waals surface area contributed by atoms with E-state index in [1.165, 1.54) is 5.56 Å². The van der Waals surface area contributed by atoms with Gasteiger partial charge in [-0.1, -0.05) is 55.8 Å². The van der Waals surface area contributed by atoms with Crippen LogP contribution in [-0.4, -0.2) is 34.7 Å². The summed E-state index contributed by atoms with van der Waals surface area (Å²) in [6.07, 6.45) is 1.01. The van der Waals surface area contributed by atoms with Gasteiger partial charge >= 0.3 is 0 Å². The zero-order chi connectivity index (χ0) is 25.9. The predicted molar refractivity (Wildman–Crippen MR) is 145 cm³/mol. The summed E-state index contributed by atoms with van der Waals surface area (Å²) >= 11 is 0. The van der Waals surface area contributed by atoms with Crippen molar-refractivity contribution < 1.29 is 14.3 Å². The molecule has 5 rings (SSSR count). The lowest BCUT2D eigenvalue weighted by Gasteiger charge is -2.27. The van der Waals surface area contributed by atoms with E-state index in [0.717, 1.165) is 45.9 Å². The summed E-state index contributed by atoms with van der Waals surface area (Å²) in [5, 5.41) is 7.62. The Hall–Kier alpha value is -4.06. The fourth-order valence-electron chi connectivity index (χ4n) is 4.72. The number of ether oxygens (including phenoxy) is 2. The molecular formula is C31H33N3O3. The Labute approximate surface area is 218 Å². The highest BCUT2D eigenvalue weighted by atomic mass is 16.5. The van der Waals surface area contributed by atoms with E-state index in [4.69, 9.17) is 9.47 Å². The van der Waals surface area contributed by atoms with Crippen LogP contribution in [-0.2, 0) is 6.54 Å². The Balaban J connectivity index is 1.52. The van der Waals surface area contributed by atoms with Gasteiger partial charge in [0.05, 0.1) is 25.5 Å². The lowest BCUT2D eigenvalue weighted by Crippen LogP contribution is -2.29. The second-order valence-electron chi connectivity index (χ2n) is 10.0. The van der Waals surface area contributed by atoms with Crippen molar-refractivity contribution in [2.45, 2.75) is 39.8 Å². The monoisotopic (exact) mass is 495 g/mol. The van der Waals surface area contributed by atoms with Gasteiger partial charge in [-0.25, -0.2) is 0 Å². The van der Waals surface area contributed by atoms with Crippen LogP contribution in [0.15, 0.2) is 72.8 Å². The summed E-state index contributed by atoms with van der Waals surface area (Å²) < 4.78 is 11.3. The highest BCUT2D eigenvalue weighted by Crippen LogP contribution is 2.44. The van der Waals surface area contributed by atoms with Crippen LogP contribution in [0.3, 0.4) is 0 Å². The van der Waals surface area contributed by atoms with Crippen LogP contribution in [0, 0.1) is 12.8 Å². The molecule has 1 atom stereocenters. The van der Waals surface area contributed by atoms with E-state index < -0.39 is 0 Å². The van der Waals surface area contributed by atoms with Crippen molar-refractivity contribution >= 4 is 5.91 Å². The maximum absolute atomic E-state index is 13.7. The number of nitrogens with one attached hydrogen (secondary N) is 1. The first-order valence-corrected chi connectivity index (χ1v) is 12.8. The molecule has 4 aromatic rings. The van der Waals surface area contributed by atoms with Crippen molar-refractivity contribution in [3.8, 4) is 22.8 Å². The number of hydrogen-bond acceptors (Lipinski definition) is 4. The zero-order valence-corrected chi connectivity index (χ0v) is 21.8. The fourth-order valence-corrected chi connectivity index (χ4v) is 4.72. The van der Waals surface area contributed by atoms with Crippen LogP contribution in [0.2, 0.25) is 0 Å². The molecule has 0 aliphatic carbocycles. The summed E-state index contributed by atoms with van der Waals surface area (Å²) in [4.78, 5) is 15.6. The molecule has 0 saturated carbocycles. The van der Waals surface area contributed by atoms with Crippen molar-refractivity contribution in [3.05, 3.63) is 101 Å². The van der Waals surface area contributed by atoms with Gasteiger partial charge in [-0.05, 0) is 66.8 Å². The average molecular weight is 496 g/mol. The van der Waals surface area contributed by atoms with E-state index in [1.54, 1.807) is 7.11 Å². The second-order valence-corrected chi connectivity index (χ2v) is 10.0. The number of benzene rings is 3. The number of amides is 1. The van der Waals surface area contributed by atoms with Crippen LogP contribution in [0.25, 0.3) is 11.3 Å². The Morgan fingerprint density at radius 1 is 0.946 bits per heavy atom. The third-order valence-electron chi connectivity index (χ3n) is 6.86. The molecule has 1 amide bonds. The highest BCUT2D eigenvalue weighted by Gasteiger charge is 2.42. The minimum Gasteiger partial charge on any atom is -0.497 e. The molecule has 1 unspecified atom stereocenters.